The van der Waals surface area contributed by atoms with Crippen molar-refractivity contribution in [1.82, 2.24) is 0 Å². The van der Waals surface area contributed by atoms with Gasteiger partial charge in [0.15, 0.2) is 6.10 Å². The topological polar surface area (TPSA) is 210 Å². The minimum absolute atomic E-state index is 0.0401. The lowest BCUT2D eigenvalue weighted by Gasteiger charge is -2.41. The van der Waals surface area contributed by atoms with Gasteiger partial charge in [-0.25, -0.2) is 4.57 Å². The Hall–Kier alpha value is -2.71. The van der Waals surface area contributed by atoms with Crippen molar-refractivity contribution in [3.63, 3.8) is 0 Å². The van der Waals surface area contributed by atoms with Crippen molar-refractivity contribution in [2.45, 2.75) is 217 Å². The van der Waals surface area contributed by atoms with E-state index in [9.17, 15) is 44.6 Å². The number of esters is 2. The molecule has 0 aromatic carbocycles. The van der Waals surface area contributed by atoms with Crippen LogP contribution >= 0.6 is 7.82 Å². The molecule has 13 nitrogen and oxygen atoms in total. The SMILES string of the molecule is CC/C=C\C/C=C\C/C=C\C/C=C\C/C=C\C/C=C\CCC(=O)OC[C@H](COP(=O)(O)OC1C(O)C(O)C(O)[C@@H](O)C1O)OC(=O)CCCCCCCCCCCCCCCCCC. The van der Waals surface area contributed by atoms with Gasteiger partial charge in [-0.15, -0.1) is 0 Å². The fraction of sp³-hybridized carbons (Fsp3) is 0.720. The van der Waals surface area contributed by atoms with E-state index in [1.165, 1.54) is 70.6 Å². The Morgan fingerprint density at radius 3 is 1.33 bits per heavy atom. The summed E-state index contributed by atoms with van der Waals surface area (Å²) >= 11 is 0. The number of aliphatic hydroxyl groups is 5. The number of phosphoric ester groups is 1. The van der Waals surface area contributed by atoms with Gasteiger partial charge in [0.05, 0.1) is 6.61 Å². The smallest absolute Gasteiger partial charge is 0.462 e. The monoisotopic (exact) mass is 925 g/mol. The minimum Gasteiger partial charge on any atom is -0.462 e. The van der Waals surface area contributed by atoms with Gasteiger partial charge < -0.3 is 39.9 Å². The Bertz CT molecular complexity index is 1390. The standard InChI is InChI=1S/C50H85O13P/c1-3-5-7-9-11-13-15-17-19-21-22-23-25-26-28-30-32-34-36-38-43(51)60-40-42(41-61-64(58,59)63-50-48(56)46(54)45(53)47(55)49(50)57)62-44(52)39-37-35-33-31-29-27-24-20-18-16-14-12-10-8-6-4-2/h5,7,11,13,17,19,22-23,26,28,32,34,42,45-50,53-57H,3-4,6,8-10,12,14-16,18,20-21,24-25,27,29-31,33,35-41H2,1-2H3,(H,58,59)/b7-5-,13-11-,19-17-,23-22-,28-26-,34-32-/t42-,45?,46-,47?,48?,49?,50?/m1/s1. The zero-order valence-electron chi connectivity index (χ0n) is 39.0. The molecule has 0 saturated heterocycles. The van der Waals surface area contributed by atoms with E-state index in [1.54, 1.807) is 0 Å². The first-order valence-electron chi connectivity index (χ1n) is 24.2. The molecule has 0 spiro atoms. The fourth-order valence-electron chi connectivity index (χ4n) is 6.96. The average Bonchev–Trinajstić information content (AvgIpc) is 3.28. The van der Waals surface area contributed by atoms with Crippen LogP contribution in [0.2, 0.25) is 0 Å². The summed E-state index contributed by atoms with van der Waals surface area (Å²) in [5, 5.41) is 50.2. The molecule has 1 fully saturated rings. The Morgan fingerprint density at radius 1 is 0.500 bits per heavy atom. The molecule has 0 heterocycles. The van der Waals surface area contributed by atoms with E-state index in [2.05, 4.69) is 68.5 Å². The molecule has 1 aliphatic carbocycles. The summed E-state index contributed by atoms with van der Waals surface area (Å²) in [5.41, 5.74) is 0. The zero-order valence-corrected chi connectivity index (χ0v) is 39.9. The molecule has 1 aliphatic rings. The molecule has 6 N–H and O–H groups in total. The number of unbranched alkanes of at least 4 members (excludes halogenated alkanes) is 15. The molecule has 0 aliphatic heterocycles. The molecule has 8 atom stereocenters. The molecule has 14 heteroatoms. The maximum atomic E-state index is 12.8. The van der Waals surface area contributed by atoms with Crippen LogP contribution in [0.25, 0.3) is 0 Å². The number of hydrogen-bond acceptors (Lipinski definition) is 12. The van der Waals surface area contributed by atoms with Crippen molar-refractivity contribution in [3.05, 3.63) is 72.9 Å². The highest BCUT2D eigenvalue weighted by atomic mass is 31.2. The number of ether oxygens (including phenoxy) is 2. The molecule has 1 rings (SSSR count). The van der Waals surface area contributed by atoms with Crippen LogP contribution in [0, 0.1) is 0 Å². The van der Waals surface area contributed by atoms with Crippen LogP contribution in [0.5, 0.6) is 0 Å². The Kier molecular flexibility index (Phi) is 36.6. The lowest BCUT2D eigenvalue weighted by atomic mass is 9.85. The number of hydrogen-bond donors (Lipinski definition) is 6. The summed E-state index contributed by atoms with van der Waals surface area (Å²) in [6, 6.07) is 0. The number of allylic oxidation sites excluding steroid dienone is 12. The third-order valence-electron chi connectivity index (χ3n) is 10.8. The van der Waals surface area contributed by atoms with Gasteiger partial charge in [-0.05, 0) is 51.4 Å². The summed E-state index contributed by atoms with van der Waals surface area (Å²) < 4.78 is 33.5. The quantitative estimate of drug-likeness (QED) is 0.0147. The number of aliphatic hydroxyl groups excluding tert-OH is 5. The van der Waals surface area contributed by atoms with Gasteiger partial charge in [-0.1, -0.05) is 183 Å². The van der Waals surface area contributed by atoms with Crippen LogP contribution in [0.1, 0.15) is 174 Å². The number of carbonyl (C=O) groups is 2. The van der Waals surface area contributed by atoms with Gasteiger partial charge >= 0.3 is 19.8 Å². The average molecular weight is 925 g/mol. The fourth-order valence-corrected chi connectivity index (χ4v) is 7.93. The third kappa shape index (κ3) is 31.2. The summed E-state index contributed by atoms with van der Waals surface area (Å²) in [6.45, 7) is 3.13. The van der Waals surface area contributed by atoms with Crippen LogP contribution in [-0.4, -0.2) is 98.3 Å². The van der Waals surface area contributed by atoms with E-state index in [4.69, 9.17) is 18.5 Å². The van der Waals surface area contributed by atoms with Crippen molar-refractivity contribution in [1.29, 1.82) is 0 Å². The highest BCUT2D eigenvalue weighted by Gasteiger charge is 2.51. The summed E-state index contributed by atoms with van der Waals surface area (Å²) in [7, 11) is -5.14. The second-order valence-corrected chi connectivity index (χ2v) is 18.0. The van der Waals surface area contributed by atoms with E-state index in [0.717, 1.165) is 57.8 Å². The molecule has 64 heavy (non-hydrogen) atoms. The molecule has 368 valence electrons. The predicted molar refractivity (Wildman–Crippen MR) is 253 cm³/mol. The van der Waals surface area contributed by atoms with Gasteiger partial charge in [-0.3, -0.25) is 18.6 Å². The molecule has 6 unspecified atom stereocenters. The number of phosphoric acid groups is 1. The summed E-state index contributed by atoms with van der Waals surface area (Å²) in [5.74, 6) is -1.20. The summed E-state index contributed by atoms with van der Waals surface area (Å²) in [6.07, 6.45) is 36.8. The van der Waals surface area contributed by atoms with E-state index >= 15 is 0 Å². The van der Waals surface area contributed by atoms with Gasteiger partial charge in [0, 0.05) is 12.8 Å². The predicted octanol–water partition coefficient (Wildman–Crippen LogP) is 9.89. The van der Waals surface area contributed by atoms with Crippen molar-refractivity contribution in [2.24, 2.45) is 0 Å². The van der Waals surface area contributed by atoms with Crippen molar-refractivity contribution in [3.8, 4) is 0 Å². The molecule has 0 amide bonds. The maximum absolute atomic E-state index is 12.8. The van der Waals surface area contributed by atoms with E-state index < -0.39 is 75.7 Å². The van der Waals surface area contributed by atoms with E-state index in [0.29, 0.717) is 19.3 Å². The molecule has 0 aromatic heterocycles. The first kappa shape index (κ1) is 59.3. The molecule has 0 aromatic rings. The van der Waals surface area contributed by atoms with Crippen LogP contribution < -0.4 is 0 Å². The van der Waals surface area contributed by atoms with Crippen LogP contribution in [-0.2, 0) is 32.7 Å². The molecular weight excluding hydrogens is 840 g/mol. The lowest BCUT2D eigenvalue weighted by molar-refractivity contribution is -0.220. The van der Waals surface area contributed by atoms with Crippen molar-refractivity contribution in [2.75, 3.05) is 13.2 Å². The second-order valence-electron chi connectivity index (χ2n) is 16.6. The van der Waals surface area contributed by atoms with Crippen LogP contribution in [0.4, 0.5) is 0 Å². The van der Waals surface area contributed by atoms with E-state index in [-0.39, 0.29) is 12.8 Å². The molecule has 0 bridgehead atoms. The summed E-state index contributed by atoms with van der Waals surface area (Å²) in [4.78, 5) is 35.7. The minimum atomic E-state index is -5.14. The van der Waals surface area contributed by atoms with Gasteiger partial charge in [0.2, 0.25) is 0 Å². The Balaban J connectivity index is 2.49. The second kappa shape index (κ2) is 39.5. The third-order valence-corrected chi connectivity index (χ3v) is 11.8. The number of carbonyl (C=O) groups excluding carboxylic acids is 2. The first-order valence-corrected chi connectivity index (χ1v) is 25.7. The lowest BCUT2D eigenvalue weighted by Crippen LogP contribution is -2.64. The Labute approximate surface area is 385 Å². The van der Waals surface area contributed by atoms with E-state index in [1.807, 2.05) is 18.2 Å². The van der Waals surface area contributed by atoms with Gasteiger partial charge in [0.25, 0.3) is 0 Å². The van der Waals surface area contributed by atoms with Gasteiger partial charge in [0.1, 0.15) is 43.2 Å². The first-order chi connectivity index (χ1) is 30.9. The molecule has 1 saturated carbocycles. The highest BCUT2D eigenvalue weighted by molar-refractivity contribution is 7.47. The van der Waals surface area contributed by atoms with Crippen molar-refractivity contribution >= 4 is 19.8 Å². The van der Waals surface area contributed by atoms with Crippen molar-refractivity contribution < 1.29 is 63.1 Å². The largest absolute Gasteiger partial charge is 0.472 e. The zero-order chi connectivity index (χ0) is 47.1. The van der Waals surface area contributed by atoms with Crippen LogP contribution in [0.3, 0.4) is 0 Å². The van der Waals surface area contributed by atoms with Gasteiger partial charge in [-0.2, -0.15) is 0 Å². The molecule has 0 radical (unpaired) electrons. The van der Waals surface area contributed by atoms with Crippen LogP contribution in [0.15, 0.2) is 72.9 Å². The maximum Gasteiger partial charge on any atom is 0.472 e. The molecular formula is C50H85O13P. The number of rotatable bonds is 39. The normalized spacial score (nSPS) is 22.2. The highest BCUT2D eigenvalue weighted by Crippen LogP contribution is 2.47. The Morgan fingerprint density at radius 2 is 0.891 bits per heavy atom.